The SMILES string of the molecule is CN(C)[C@@H]1C(O)=C(C(N)=O)C(O)(O)C2C(O)=C3C(=O)c4c(O)c5c(c(F)c4C[C@H]3CC21)CNC5. The molecule has 0 radical (unpaired) electrons. The van der Waals surface area contributed by atoms with E-state index in [-0.39, 0.29) is 53.9 Å². The number of halogens is 1. The Bertz CT molecular complexity index is 1220. The fourth-order valence-electron chi connectivity index (χ4n) is 6.44. The van der Waals surface area contributed by atoms with E-state index in [4.69, 9.17) is 5.73 Å². The summed E-state index contributed by atoms with van der Waals surface area (Å²) < 4.78 is 15.4. The van der Waals surface area contributed by atoms with Gasteiger partial charge in [-0.3, -0.25) is 14.5 Å². The summed E-state index contributed by atoms with van der Waals surface area (Å²) in [6, 6.07) is -0.928. The molecule has 1 aromatic carbocycles. The number of carbonyl (C=O) groups is 2. The van der Waals surface area contributed by atoms with Crippen molar-refractivity contribution in [2.75, 3.05) is 14.1 Å². The van der Waals surface area contributed by atoms with Crippen LogP contribution >= 0.6 is 0 Å². The summed E-state index contributed by atoms with van der Waals surface area (Å²) >= 11 is 0. The predicted octanol–water partition coefficient (Wildman–Crippen LogP) is -0.140. The molecule has 0 spiro atoms. The van der Waals surface area contributed by atoms with Crippen LogP contribution in [0, 0.1) is 23.6 Å². The lowest BCUT2D eigenvalue weighted by Gasteiger charge is -2.51. The number of aliphatic hydroxyl groups is 4. The second-order valence-electron chi connectivity index (χ2n) is 9.74. The summed E-state index contributed by atoms with van der Waals surface area (Å²) in [4.78, 5) is 27.1. The lowest BCUT2D eigenvalue weighted by molar-refractivity contribution is -0.201. The molecule has 11 heteroatoms. The molecule has 34 heavy (non-hydrogen) atoms. The summed E-state index contributed by atoms with van der Waals surface area (Å²) in [5.74, 6) is -10.5. The first-order chi connectivity index (χ1) is 15.9. The number of benzene rings is 1. The fraction of sp³-hybridized carbons (Fsp3) is 0.478. The Morgan fingerprint density at radius 1 is 1.12 bits per heavy atom. The summed E-state index contributed by atoms with van der Waals surface area (Å²) in [6.07, 6.45) is 0.0696. The van der Waals surface area contributed by atoms with E-state index >= 15 is 4.39 Å². The molecule has 1 amide bonds. The van der Waals surface area contributed by atoms with Crippen LogP contribution in [0.25, 0.3) is 0 Å². The first-order valence-corrected chi connectivity index (χ1v) is 11.0. The Morgan fingerprint density at radius 2 is 1.76 bits per heavy atom. The number of hydrogen-bond donors (Lipinski definition) is 7. The van der Waals surface area contributed by atoms with Crippen molar-refractivity contribution in [3.8, 4) is 5.75 Å². The van der Waals surface area contributed by atoms with Gasteiger partial charge in [0.05, 0.1) is 17.5 Å². The van der Waals surface area contributed by atoms with Crippen molar-refractivity contribution >= 4 is 11.7 Å². The smallest absolute Gasteiger partial charge is 0.253 e. The van der Waals surface area contributed by atoms with Crippen molar-refractivity contribution < 1.29 is 39.5 Å². The molecule has 5 rings (SSSR count). The molecule has 0 aromatic heterocycles. The number of Topliss-reactive ketones (excluding diaryl/α,β-unsaturated/α-hetero) is 1. The summed E-state index contributed by atoms with van der Waals surface area (Å²) in [5.41, 5.74) is 4.70. The van der Waals surface area contributed by atoms with Gasteiger partial charge in [0.2, 0.25) is 5.79 Å². The lowest BCUT2D eigenvalue weighted by atomic mass is 9.59. The van der Waals surface area contributed by atoms with Crippen LogP contribution in [-0.2, 0) is 24.3 Å². The summed E-state index contributed by atoms with van der Waals surface area (Å²) in [5, 5.41) is 57.6. The number of ketones is 1. The second kappa shape index (κ2) is 7.25. The highest BCUT2D eigenvalue weighted by atomic mass is 19.1. The third kappa shape index (κ3) is 2.75. The average molecular weight is 475 g/mol. The highest BCUT2D eigenvalue weighted by molar-refractivity contribution is 6.13. The monoisotopic (exact) mass is 475 g/mol. The number of amides is 1. The number of phenolic OH excluding ortho intramolecular Hbond substituents is 1. The normalized spacial score (nSPS) is 29.6. The van der Waals surface area contributed by atoms with Gasteiger partial charge in [-0.1, -0.05) is 0 Å². The number of likely N-dealkylation sites (N-methyl/N-ethyl adjacent to an activating group) is 1. The van der Waals surface area contributed by atoms with E-state index in [0.717, 1.165) is 0 Å². The fourth-order valence-corrected chi connectivity index (χ4v) is 6.44. The number of fused-ring (bicyclic) bond motifs is 4. The lowest BCUT2D eigenvalue weighted by Crippen LogP contribution is -2.60. The highest BCUT2D eigenvalue weighted by Gasteiger charge is 2.60. The molecule has 0 saturated heterocycles. The number of primary amides is 1. The number of nitrogens with zero attached hydrogens (tertiary/aromatic N) is 1. The maximum atomic E-state index is 15.4. The van der Waals surface area contributed by atoms with Gasteiger partial charge < -0.3 is 36.6 Å². The first-order valence-electron chi connectivity index (χ1n) is 11.0. The molecule has 1 aliphatic heterocycles. The topological polar surface area (TPSA) is 177 Å². The van der Waals surface area contributed by atoms with Crippen LogP contribution in [0.3, 0.4) is 0 Å². The molecular formula is C23H26FN3O7. The van der Waals surface area contributed by atoms with E-state index in [9.17, 15) is 35.1 Å². The van der Waals surface area contributed by atoms with Crippen molar-refractivity contribution in [2.24, 2.45) is 23.5 Å². The standard InChI is InChI=1S/C23H26FN3O7/c1-27(2)17-9-4-7-3-8-13(18(28)11-6-26-5-10(11)16(8)24)19(29)12(7)20(30)14(9)23(33,34)15(21(17)31)22(25)32/h7,9,14,17,26,28,30-31,33-34H,3-6H2,1-2H3,(H2,25,32)/t7-,9?,14?,17-/m0/s1. The zero-order chi connectivity index (χ0) is 24.9. The molecule has 0 bridgehead atoms. The molecule has 4 aliphatic rings. The number of phenols is 1. The van der Waals surface area contributed by atoms with E-state index in [1.807, 2.05) is 0 Å². The minimum absolute atomic E-state index is 0.00643. The summed E-state index contributed by atoms with van der Waals surface area (Å²) in [6.45, 7) is 0.402. The van der Waals surface area contributed by atoms with E-state index in [2.05, 4.69) is 5.32 Å². The van der Waals surface area contributed by atoms with Gasteiger partial charge in [-0.05, 0) is 38.8 Å². The van der Waals surface area contributed by atoms with Gasteiger partial charge in [0.1, 0.15) is 28.7 Å². The average Bonchev–Trinajstić information content (AvgIpc) is 3.20. The molecule has 1 heterocycles. The number of hydrogen-bond acceptors (Lipinski definition) is 9. The zero-order valence-electron chi connectivity index (χ0n) is 18.6. The van der Waals surface area contributed by atoms with Crippen LogP contribution in [0.4, 0.5) is 4.39 Å². The Hall–Kier alpha value is -2.99. The highest BCUT2D eigenvalue weighted by Crippen LogP contribution is 2.54. The maximum Gasteiger partial charge on any atom is 0.253 e. The molecule has 0 fully saturated rings. The largest absolute Gasteiger partial charge is 0.511 e. The number of aliphatic hydroxyl groups excluding tert-OH is 2. The van der Waals surface area contributed by atoms with Crippen molar-refractivity contribution in [1.29, 1.82) is 0 Å². The first kappa shape index (κ1) is 22.8. The van der Waals surface area contributed by atoms with Crippen LogP contribution < -0.4 is 11.1 Å². The molecule has 8 N–H and O–H groups in total. The molecular weight excluding hydrogens is 449 g/mol. The van der Waals surface area contributed by atoms with Gasteiger partial charge in [0.15, 0.2) is 5.78 Å². The van der Waals surface area contributed by atoms with Gasteiger partial charge in [0.25, 0.3) is 5.91 Å². The minimum atomic E-state index is -3.05. The van der Waals surface area contributed by atoms with E-state index in [1.165, 1.54) is 0 Å². The molecule has 4 atom stereocenters. The van der Waals surface area contributed by atoms with Gasteiger partial charge in [0, 0.05) is 35.4 Å². The molecule has 10 nitrogen and oxygen atoms in total. The number of allylic oxidation sites excluding steroid dienone is 1. The number of nitrogens with two attached hydrogens (primary N) is 1. The Labute approximate surface area is 193 Å². The van der Waals surface area contributed by atoms with Crippen LogP contribution in [-0.4, -0.2) is 68.0 Å². The molecule has 182 valence electrons. The molecule has 3 aliphatic carbocycles. The van der Waals surface area contributed by atoms with Gasteiger partial charge in [-0.2, -0.15) is 0 Å². The maximum absolute atomic E-state index is 15.4. The molecule has 2 unspecified atom stereocenters. The predicted molar refractivity (Wildman–Crippen MR) is 115 cm³/mol. The molecule has 1 aromatic rings. The van der Waals surface area contributed by atoms with Crippen molar-refractivity contribution in [1.82, 2.24) is 10.2 Å². The zero-order valence-corrected chi connectivity index (χ0v) is 18.6. The number of rotatable bonds is 2. The van der Waals surface area contributed by atoms with Crippen molar-refractivity contribution in [2.45, 2.75) is 37.8 Å². The van der Waals surface area contributed by atoms with Gasteiger partial charge in [-0.15, -0.1) is 0 Å². The third-order valence-electron chi connectivity index (χ3n) is 7.75. The van der Waals surface area contributed by atoms with Gasteiger partial charge >= 0.3 is 0 Å². The van der Waals surface area contributed by atoms with Crippen molar-refractivity contribution in [3.05, 3.63) is 50.7 Å². The van der Waals surface area contributed by atoms with E-state index in [1.54, 1.807) is 19.0 Å². The van der Waals surface area contributed by atoms with Crippen LogP contribution in [0.15, 0.2) is 22.7 Å². The van der Waals surface area contributed by atoms with Crippen LogP contribution in [0.5, 0.6) is 5.75 Å². The van der Waals surface area contributed by atoms with Crippen LogP contribution in [0.1, 0.15) is 33.5 Å². The minimum Gasteiger partial charge on any atom is -0.511 e. The number of aromatic hydroxyl groups is 1. The van der Waals surface area contributed by atoms with E-state index in [0.29, 0.717) is 5.56 Å². The van der Waals surface area contributed by atoms with Gasteiger partial charge in [-0.25, -0.2) is 4.39 Å². The van der Waals surface area contributed by atoms with E-state index < -0.39 is 64.2 Å². The van der Waals surface area contributed by atoms with Crippen molar-refractivity contribution in [3.63, 3.8) is 0 Å². The number of carbonyl (C=O) groups excluding carboxylic acids is 2. The Kier molecular flexibility index (Phi) is 4.86. The second-order valence-corrected chi connectivity index (χ2v) is 9.74. The van der Waals surface area contributed by atoms with Crippen LogP contribution in [0.2, 0.25) is 0 Å². The third-order valence-corrected chi connectivity index (χ3v) is 7.75. The summed E-state index contributed by atoms with van der Waals surface area (Å²) in [7, 11) is 3.20. The quantitative estimate of drug-likeness (QED) is 0.287. The Balaban J connectivity index is 1.72. The number of nitrogens with one attached hydrogen (secondary N) is 1. The Morgan fingerprint density at radius 3 is 2.38 bits per heavy atom. The molecule has 0 saturated carbocycles.